The second-order valence-electron chi connectivity index (χ2n) is 9.80. The van der Waals surface area contributed by atoms with E-state index in [0.717, 1.165) is 64.0 Å². The highest BCUT2D eigenvalue weighted by atomic mass is 32.2. The van der Waals surface area contributed by atoms with Crippen molar-refractivity contribution < 1.29 is 22.4 Å². The van der Waals surface area contributed by atoms with E-state index in [0.29, 0.717) is 0 Å². The van der Waals surface area contributed by atoms with Crippen molar-refractivity contribution in [2.24, 2.45) is 0 Å². The first kappa shape index (κ1) is 28.6. The fourth-order valence-corrected chi connectivity index (χ4v) is 5.54. The molecule has 8 nitrogen and oxygen atoms in total. The molecule has 0 saturated heterocycles. The molecular weight excluding hydrogens is 495 g/mol. The van der Waals surface area contributed by atoms with E-state index in [1.807, 2.05) is 31.2 Å². The van der Waals surface area contributed by atoms with Gasteiger partial charge in [-0.3, -0.25) is 9.59 Å². The molecule has 10 heteroatoms. The van der Waals surface area contributed by atoms with E-state index in [1.54, 1.807) is 6.92 Å². The van der Waals surface area contributed by atoms with Gasteiger partial charge in [0.1, 0.15) is 18.4 Å². The molecule has 2 aromatic rings. The number of nitrogens with one attached hydrogen (secondary N) is 1. The third-order valence-electron chi connectivity index (χ3n) is 6.69. The number of halogens is 1. The van der Waals surface area contributed by atoms with E-state index in [4.69, 9.17) is 0 Å². The van der Waals surface area contributed by atoms with Crippen molar-refractivity contribution in [3.05, 3.63) is 65.5 Å². The number of aryl methyl sites for hydroxylation is 1. The van der Waals surface area contributed by atoms with E-state index < -0.39 is 34.5 Å². The fraction of sp³-hybridized carbons (Fsp3) is 0.481. The summed E-state index contributed by atoms with van der Waals surface area (Å²) < 4.78 is 41.8. The van der Waals surface area contributed by atoms with Gasteiger partial charge in [0.2, 0.25) is 11.8 Å². The van der Waals surface area contributed by atoms with Gasteiger partial charge in [-0.1, -0.05) is 49.1 Å². The zero-order valence-corrected chi connectivity index (χ0v) is 22.8. The molecule has 0 aromatic heterocycles. The van der Waals surface area contributed by atoms with Gasteiger partial charge in [-0.05, 0) is 56.5 Å². The van der Waals surface area contributed by atoms with Crippen LogP contribution in [-0.4, -0.2) is 62.2 Å². The summed E-state index contributed by atoms with van der Waals surface area (Å²) in [5, 5.41) is 3.08. The Hall–Kier alpha value is -2.98. The number of hydrogen-bond donors (Lipinski definition) is 1. The molecule has 202 valence electrons. The number of rotatable bonds is 10. The molecule has 1 aliphatic rings. The molecule has 1 fully saturated rings. The molecule has 1 atom stereocenters. The minimum absolute atomic E-state index is 0.0736. The van der Waals surface area contributed by atoms with Crippen molar-refractivity contribution in [3.63, 3.8) is 0 Å². The van der Waals surface area contributed by atoms with Crippen LogP contribution in [0, 0.1) is 12.7 Å². The van der Waals surface area contributed by atoms with Gasteiger partial charge in [0, 0.05) is 26.7 Å². The minimum atomic E-state index is -4.09. The quantitative estimate of drug-likeness (QED) is 0.506. The Labute approximate surface area is 219 Å². The summed E-state index contributed by atoms with van der Waals surface area (Å²) >= 11 is 0. The van der Waals surface area contributed by atoms with Crippen molar-refractivity contribution in [2.75, 3.05) is 24.9 Å². The van der Waals surface area contributed by atoms with Crippen LogP contribution in [0.5, 0.6) is 0 Å². The largest absolute Gasteiger partial charge is 0.352 e. The highest BCUT2D eigenvalue weighted by Gasteiger charge is 2.33. The second-order valence-corrected chi connectivity index (χ2v) is 11.9. The van der Waals surface area contributed by atoms with Gasteiger partial charge < -0.3 is 10.2 Å². The first-order valence-corrected chi connectivity index (χ1v) is 14.0. The van der Waals surface area contributed by atoms with E-state index >= 15 is 0 Å². The maximum atomic E-state index is 13.7. The van der Waals surface area contributed by atoms with Crippen LogP contribution in [0.4, 0.5) is 10.1 Å². The minimum Gasteiger partial charge on any atom is -0.352 e. The van der Waals surface area contributed by atoms with Crippen molar-refractivity contribution in [3.8, 4) is 0 Å². The molecule has 37 heavy (non-hydrogen) atoms. The predicted octanol–water partition coefficient (Wildman–Crippen LogP) is 3.61. The Kier molecular flexibility index (Phi) is 9.67. The molecule has 0 bridgehead atoms. The number of hydrogen-bond acceptors (Lipinski definition) is 4. The average Bonchev–Trinajstić information content (AvgIpc) is 2.86. The van der Waals surface area contributed by atoms with Crippen molar-refractivity contribution in [1.29, 1.82) is 0 Å². The van der Waals surface area contributed by atoms with Crippen LogP contribution >= 0.6 is 0 Å². The van der Waals surface area contributed by atoms with Gasteiger partial charge in [0.15, 0.2) is 0 Å². The molecule has 0 aliphatic heterocycles. The Balaban J connectivity index is 1.91. The highest BCUT2D eigenvalue weighted by molar-refractivity contribution is 7.90. The lowest BCUT2D eigenvalue weighted by Gasteiger charge is -2.34. The summed E-state index contributed by atoms with van der Waals surface area (Å²) in [7, 11) is -1.36. The third-order valence-corrected chi connectivity index (χ3v) is 8.51. The zero-order valence-electron chi connectivity index (χ0n) is 22.0. The number of benzene rings is 2. The van der Waals surface area contributed by atoms with E-state index in [1.165, 1.54) is 31.1 Å². The summed E-state index contributed by atoms with van der Waals surface area (Å²) in [6.07, 6.45) is 5.08. The molecule has 0 radical (unpaired) electrons. The smallest absolute Gasteiger partial charge is 0.304 e. The van der Waals surface area contributed by atoms with Crippen LogP contribution in [0.1, 0.15) is 50.2 Å². The predicted molar refractivity (Wildman–Crippen MR) is 143 cm³/mol. The normalized spacial score (nSPS) is 15.3. The summed E-state index contributed by atoms with van der Waals surface area (Å²) in [6.45, 7) is 3.20. The van der Waals surface area contributed by atoms with Crippen molar-refractivity contribution in [2.45, 2.75) is 64.6 Å². The number of nitrogens with zero attached hydrogens (tertiary/aromatic N) is 3. The number of carbonyl (C=O) groups excluding carboxylic acids is 2. The maximum Gasteiger partial charge on any atom is 0.304 e. The van der Waals surface area contributed by atoms with Gasteiger partial charge in [-0.25, -0.2) is 8.70 Å². The molecule has 0 heterocycles. The molecule has 1 aliphatic carbocycles. The highest BCUT2D eigenvalue weighted by Crippen LogP contribution is 2.22. The number of amides is 2. The SMILES string of the molecule is Cc1cccc(CN(C(=O)CN(c2ccc(F)cc2)S(=O)(=O)N(C)C)C(C)C(=O)NC2CCCCC2)c1. The van der Waals surface area contributed by atoms with Crippen molar-refractivity contribution >= 4 is 27.7 Å². The van der Waals surface area contributed by atoms with E-state index in [-0.39, 0.29) is 24.2 Å². The van der Waals surface area contributed by atoms with Crippen LogP contribution in [0.2, 0.25) is 0 Å². The van der Waals surface area contributed by atoms with E-state index in [2.05, 4.69) is 5.32 Å². The van der Waals surface area contributed by atoms with Crippen LogP contribution in [0.15, 0.2) is 48.5 Å². The lowest BCUT2D eigenvalue weighted by molar-refractivity contribution is -0.139. The van der Waals surface area contributed by atoms with Gasteiger partial charge >= 0.3 is 10.2 Å². The van der Waals surface area contributed by atoms with Crippen LogP contribution in [-0.2, 0) is 26.3 Å². The summed E-state index contributed by atoms with van der Waals surface area (Å²) in [6, 6.07) is 11.8. The third kappa shape index (κ3) is 7.52. The summed E-state index contributed by atoms with van der Waals surface area (Å²) in [5.41, 5.74) is 1.99. The number of carbonyl (C=O) groups is 2. The molecule has 2 aromatic carbocycles. The lowest BCUT2D eigenvalue weighted by Crippen LogP contribution is -2.53. The molecule has 3 rings (SSSR count). The maximum absolute atomic E-state index is 13.7. The Morgan fingerprint density at radius 3 is 2.30 bits per heavy atom. The van der Waals surface area contributed by atoms with Crippen molar-refractivity contribution in [1.82, 2.24) is 14.5 Å². The lowest BCUT2D eigenvalue weighted by atomic mass is 9.95. The van der Waals surface area contributed by atoms with E-state index in [9.17, 15) is 22.4 Å². The van der Waals surface area contributed by atoms with Gasteiger partial charge in [-0.2, -0.15) is 12.7 Å². The Bertz CT molecular complexity index is 1180. The Morgan fingerprint density at radius 1 is 1.05 bits per heavy atom. The second kappa shape index (κ2) is 12.5. The monoisotopic (exact) mass is 532 g/mol. The zero-order chi connectivity index (χ0) is 27.2. The Morgan fingerprint density at radius 2 is 1.70 bits per heavy atom. The average molecular weight is 533 g/mol. The number of anilines is 1. The summed E-state index contributed by atoms with van der Waals surface area (Å²) in [4.78, 5) is 28.4. The van der Waals surface area contributed by atoms with Gasteiger partial charge in [0.05, 0.1) is 5.69 Å². The standard InChI is InChI=1S/C27H37FN4O4S/c1-20-9-8-10-22(17-20)18-31(21(2)27(34)29-24-11-6-5-7-12-24)26(33)19-32(37(35,36)30(3)4)25-15-13-23(28)14-16-25/h8-10,13-17,21,24H,5-7,11-12,18-19H2,1-4H3,(H,29,34). The van der Waals surface area contributed by atoms with Crippen LogP contribution in [0.3, 0.4) is 0 Å². The molecule has 2 amide bonds. The van der Waals surface area contributed by atoms with Crippen LogP contribution < -0.4 is 9.62 Å². The molecular formula is C27H37FN4O4S. The first-order valence-electron chi connectivity index (χ1n) is 12.6. The molecule has 0 spiro atoms. The molecule has 1 unspecified atom stereocenters. The van der Waals surface area contributed by atoms with Crippen LogP contribution in [0.25, 0.3) is 0 Å². The fourth-order valence-electron chi connectivity index (χ4n) is 4.48. The van der Waals surface area contributed by atoms with Gasteiger partial charge in [0.25, 0.3) is 0 Å². The van der Waals surface area contributed by atoms with Gasteiger partial charge in [-0.15, -0.1) is 0 Å². The molecule has 1 saturated carbocycles. The first-order chi connectivity index (χ1) is 17.5. The topological polar surface area (TPSA) is 90.0 Å². The molecule has 1 N–H and O–H groups in total. The summed E-state index contributed by atoms with van der Waals surface area (Å²) in [5.74, 6) is -1.33.